The molecular formula is C31H48N2O6. The number of amides is 2. The van der Waals surface area contributed by atoms with Gasteiger partial charge < -0.3 is 24.4 Å². The molecule has 3 unspecified atom stereocenters. The van der Waals surface area contributed by atoms with Gasteiger partial charge in [-0.25, -0.2) is 0 Å². The molecule has 0 aromatic carbocycles. The van der Waals surface area contributed by atoms with E-state index in [1.807, 2.05) is 32.6 Å². The van der Waals surface area contributed by atoms with Gasteiger partial charge >= 0.3 is 5.97 Å². The zero-order valence-electron chi connectivity index (χ0n) is 24.3. The van der Waals surface area contributed by atoms with E-state index in [9.17, 15) is 19.5 Å². The number of hydrogen-bond acceptors (Lipinski definition) is 6. The van der Waals surface area contributed by atoms with Crippen molar-refractivity contribution in [2.24, 2.45) is 23.7 Å². The van der Waals surface area contributed by atoms with E-state index in [-0.39, 0.29) is 42.9 Å². The molecule has 3 heterocycles. The molecule has 1 saturated carbocycles. The highest BCUT2D eigenvalue weighted by molar-refractivity contribution is 5.99. The maximum Gasteiger partial charge on any atom is 0.312 e. The van der Waals surface area contributed by atoms with Gasteiger partial charge in [-0.05, 0) is 44.4 Å². The summed E-state index contributed by atoms with van der Waals surface area (Å²) in [6.45, 7) is 15.9. The number of aliphatic hydroxyl groups is 1. The summed E-state index contributed by atoms with van der Waals surface area (Å²) >= 11 is 0. The Morgan fingerprint density at radius 1 is 1.26 bits per heavy atom. The molecule has 3 saturated heterocycles. The van der Waals surface area contributed by atoms with E-state index < -0.39 is 41.1 Å². The van der Waals surface area contributed by atoms with E-state index in [1.54, 1.807) is 17.1 Å². The third-order valence-electron chi connectivity index (χ3n) is 10.3. The lowest BCUT2D eigenvalue weighted by Crippen LogP contribution is -2.61. The molecule has 218 valence electrons. The van der Waals surface area contributed by atoms with Crippen LogP contribution in [0.4, 0.5) is 0 Å². The third kappa shape index (κ3) is 4.75. The van der Waals surface area contributed by atoms with Crippen LogP contribution in [0.25, 0.3) is 0 Å². The number of ether oxygens (including phenoxy) is 2. The van der Waals surface area contributed by atoms with Crippen LogP contribution >= 0.6 is 0 Å². The molecule has 4 rings (SSSR count). The Hall–Kier alpha value is -2.19. The molecule has 2 amide bonds. The van der Waals surface area contributed by atoms with Crippen LogP contribution in [0.5, 0.6) is 0 Å². The minimum absolute atomic E-state index is 0.0461. The van der Waals surface area contributed by atoms with Crippen molar-refractivity contribution in [3.8, 4) is 0 Å². The second-order valence-electron chi connectivity index (χ2n) is 12.4. The molecular weight excluding hydrogens is 496 g/mol. The van der Waals surface area contributed by atoms with Crippen LogP contribution in [0.2, 0.25) is 0 Å². The molecule has 1 aliphatic carbocycles. The Morgan fingerprint density at radius 2 is 1.95 bits per heavy atom. The molecule has 4 fully saturated rings. The molecule has 8 nitrogen and oxygen atoms in total. The second kappa shape index (κ2) is 11.7. The smallest absolute Gasteiger partial charge is 0.312 e. The first-order chi connectivity index (χ1) is 18.6. The average molecular weight is 545 g/mol. The SMILES string of the molecule is C=CCCOC(=O)[C@H]1[C@H]2C(=O)N([C@@H](CO)[C@@H](C)CC)C(C(=O)N(CC=C)C3CCCCC3)C23CC(C)[C@]1(C)O3. The number of carbonyl (C=O) groups excluding carboxylic acids is 3. The van der Waals surface area contributed by atoms with Crippen molar-refractivity contribution in [2.75, 3.05) is 19.8 Å². The van der Waals surface area contributed by atoms with Crippen LogP contribution in [0.15, 0.2) is 25.3 Å². The van der Waals surface area contributed by atoms with Gasteiger partial charge in [0, 0.05) is 12.6 Å². The van der Waals surface area contributed by atoms with Gasteiger partial charge in [0.25, 0.3) is 0 Å². The molecule has 8 heteroatoms. The maximum absolute atomic E-state index is 14.7. The van der Waals surface area contributed by atoms with Crippen LogP contribution in [0.1, 0.15) is 79.1 Å². The number of hydrogen-bond donors (Lipinski definition) is 1. The summed E-state index contributed by atoms with van der Waals surface area (Å²) in [4.78, 5) is 46.3. The highest BCUT2D eigenvalue weighted by Crippen LogP contribution is 2.66. The molecule has 0 aromatic heterocycles. The summed E-state index contributed by atoms with van der Waals surface area (Å²) in [5, 5.41) is 10.6. The van der Waals surface area contributed by atoms with Crippen LogP contribution < -0.4 is 0 Å². The molecule has 0 aromatic rings. The van der Waals surface area contributed by atoms with Crippen LogP contribution in [0, 0.1) is 23.7 Å². The average Bonchev–Trinajstić information content (AvgIpc) is 3.44. The monoisotopic (exact) mass is 544 g/mol. The van der Waals surface area contributed by atoms with Gasteiger partial charge in [-0.3, -0.25) is 14.4 Å². The molecule has 3 aliphatic heterocycles. The number of rotatable bonds is 12. The molecule has 0 radical (unpaired) electrons. The first-order valence-electron chi connectivity index (χ1n) is 14.9. The van der Waals surface area contributed by atoms with Crippen molar-refractivity contribution >= 4 is 17.8 Å². The maximum atomic E-state index is 14.7. The summed E-state index contributed by atoms with van der Waals surface area (Å²) in [5.74, 6) is -2.66. The predicted molar refractivity (Wildman–Crippen MR) is 149 cm³/mol. The fourth-order valence-electron chi connectivity index (χ4n) is 7.93. The number of likely N-dealkylation sites (tertiary alicyclic amines) is 1. The molecule has 39 heavy (non-hydrogen) atoms. The fraction of sp³-hybridized carbons (Fsp3) is 0.774. The lowest BCUT2D eigenvalue weighted by atomic mass is 9.62. The lowest BCUT2D eigenvalue weighted by molar-refractivity contribution is -0.165. The van der Waals surface area contributed by atoms with Crippen LogP contribution in [-0.4, -0.2) is 81.8 Å². The molecule has 1 spiro atoms. The fourth-order valence-corrected chi connectivity index (χ4v) is 7.93. The Morgan fingerprint density at radius 3 is 2.54 bits per heavy atom. The summed E-state index contributed by atoms with van der Waals surface area (Å²) < 4.78 is 12.5. The van der Waals surface area contributed by atoms with Crippen molar-refractivity contribution in [3.05, 3.63) is 25.3 Å². The van der Waals surface area contributed by atoms with Gasteiger partial charge in [-0.15, -0.1) is 13.2 Å². The Balaban J connectivity index is 1.82. The number of fused-ring (bicyclic) bond motifs is 1. The lowest BCUT2D eigenvalue weighted by Gasteiger charge is -2.43. The van der Waals surface area contributed by atoms with Crippen LogP contribution in [-0.2, 0) is 23.9 Å². The quantitative estimate of drug-likeness (QED) is 0.228. The van der Waals surface area contributed by atoms with E-state index in [4.69, 9.17) is 9.47 Å². The highest BCUT2D eigenvalue weighted by atomic mass is 16.6. The zero-order valence-corrected chi connectivity index (χ0v) is 24.3. The van der Waals surface area contributed by atoms with Crippen LogP contribution in [0.3, 0.4) is 0 Å². The summed E-state index contributed by atoms with van der Waals surface area (Å²) in [5.41, 5.74) is -2.07. The van der Waals surface area contributed by atoms with Crippen molar-refractivity contribution in [1.82, 2.24) is 9.80 Å². The second-order valence-corrected chi connectivity index (χ2v) is 12.4. The standard InChI is InChI=1S/C31H48N2O6/c1-7-10-17-38-29(37)25-24-27(35)33(23(19-34)20(4)9-3)26(31(24)18-21(5)30(25,6)39-31)28(36)32(16-8-2)22-14-12-11-13-15-22/h7-8,20-26,34H,1-2,9-19H2,3-6H3/t20-,21?,23-,24-,25+,26?,30-,31?/m0/s1. The van der Waals surface area contributed by atoms with Gasteiger partial charge in [0.1, 0.15) is 17.6 Å². The number of aliphatic hydroxyl groups excluding tert-OH is 1. The number of carbonyl (C=O) groups is 3. The van der Waals surface area contributed by atoms with Gasteiger partial charge in [-0.1, -0.05) is 58.6 Å². The van der Waals surface area contributed by atoms with Crippen molar-refractivity contribution in [3.63, 3.8) is 0 Å². The van der Waals surface area contributed by atoms with E-state index in [1.165, 1.54) is 0 Å². The minimum atomic E-state index is -1.15. The number of esters is 1. The summed E-state index contributed by atoms with van der Waals surface area (Å²) in [6.07, 6.45) is 10.3. The minimum Gasteiger partial charge on any atom is -0.465 e. The molecule has 4 aliphatic rings. The first-order valence-corrected chi connectivity index (χ1v) is 14.9. The zero-order chi connectivity index (χ0) is 28.5. The predicted octanol–water partition coefficient (Wildman–Crippen LogP) is 3.87. The Labute approximate surface area is 233 Å². The first kappa shape index (κ1) is 29.8. The van der Waals surface area contributed by atoms with Gasteiger partial charge in [0.05, 0.1) is 30.8 Å². The van der Waals surface area contributed by atoms with E-state index in [0.29, 0.717) is 19.4 Å². The normalized spacial score (nSPS) is 35.4. The number of nitrogens with zero attached hydrogens (tertiary/aromatic N) is 2. The Bertz CT molecular complexity index is 963. The summed E-state index contributed by atoms with van der Waals surface area (Å²) in [7, 11) is 0. The molecule has 2 bridgehead atoms. The van der Waals surface area contributed by atoms with Crippen molar-refractivity contribution < 1.29 is 29.0 Å². The summed E-state index contributed by atoms with van der Waals surface area (Å²) in [6, 6.07) is -1.41. The van der Waals surface area contributed by atoms with E-state index >= 15 is 0 Å². The van der Waals surface area contributed by atoms with E-state index in [2.05, 4.69) is 13.2 Å². The van der Waals surface area contributed by atoms with Gasteiger partial charge in [-0.2, -0.15) is 0 Å². The molecule has 8 atom stereocenters. The highest BCUT2D eigenvalue weighted by Gasteiger charge is 2.81. The molecule has 1 N–H and O–H groups in total. The van der Waals surface area contributed by atoms with Crippen molar-refractivity contribution in [1.29, 1.82) is 0 Å². The third-order valence-corrected chi connectivity index (χ3v) is 10.3. The van der Waals surface area contributed by atoms with E-state index in [0.717, 1.165) is 38.5 Å². The van der Waals surface area contributed by atoms with Gasteiger partial charge in [0.15, 0.2) is 0 Å². The van der Waals surface area contributed by atoms with Crippen molar-refractivity contribution in [2.45, 2.75) is 108 Å². The topological polar surface area (TPSA) is 96.4 Å². The Kier molecular flexibility index (Phi) is 8.96. The largest absolute Gasteiger partial charge is 0.465 e. The van der Waals surface area contributed by atoms with Gasteiger partial charge in [0.2, 0.25) is 11.8 Å².